The van der Waals surface area contributed by atoms with Crippen LogP contribution in [0.15, 0.2) is 24.3 Å². The molecule has 116 valence electrons. The number of carboxylic acid groups (broad SMARTS) is 1. The lowest BCUT2D eigenvalue weighted by atomic mass is 10.1. The number of aryl methyl sites for hydroxylation is 1. The number of amides is 2. The number of urea groups is 1. The summed E-state index contributed by atoms with van der Waals surface area (Å²) in [4.78, 5) is 22.3. The highest BCUT2D eigenvalue weighted by Gasteiger charge is 2.15. The Morgan fingerprint density at radius 1 is 1.33 bits per heavy atom. The molecule has 0 radical (unpaired) electrons. The van der Waals surface area contributed by atoms with Crippen molar-refractivity contribution in [2.75, 3.05) is 19.7 Å². The summed E-state index contributed by atoms with van der Waals surface area (Å²) in [5, 5.41) is 14.0. The minimum Gasteiger partial charge on any atom is -0.492 e. The van der Waals surface area contributed by atoms with Gasteiger partial charge in [-0.1, -0.05) is 19.1 Å². The number of ether oxygens (including phenoxy) is 1. The Bertz CT molecular complexity index is 476. The van der Waals surface area contributed by atoms with E-state index >= 15 is 0 Å². The van der Waals surface area contributed by atoms with Crippen molar-refractivity contribution >= 4 is 12.0 Å². The highest BCUT2D eigenvalue weighted by molar-refractivity contribution is 5.75. The van der Waals surface area contributed by atoms with E-state index < -0.39 is 11.9 Å². The number of carbonyl (C=O) groups excluding carboxylic acids is 1. The Kier molecular flexibility index (Phi) is 7.08. The number of aliphatic carboxylic acids is 1. The smallest absolute Gasteiger partial charge is 0.314 e. The van der Waals surface area contributed by atoms with E-state index in [2.05, 4.69) is 10.6 Å². The summed E-state index contributed by atoms with van der Waals surface area (Å²) >= 11 is 0. The number of nitrogens with one attached hydrogen (secondary N) is 2. The fourth-order valence-corrected chi connectivity index (χ4v) is 1.72. The number of carboxylic acids is 1. The van der Waals surface area contributed by atoms with Crippen molar-refractivity contribution in [1.82, 2.24) is 10.6 Å². The summed E-state index contributed by atoms with van der Waals surface area (Å²) in [7, 11) is 0. The molecule has 2 amide bonds. The fraction of sp³-hybridized carbons (Fsp3) is 0.467. The lowest BCUT2D eigenvalue weighted by Gasteiger charge is -2.12. The largest absolute Gasteiger partial charge is 0.492 e. The number of carbonyl (C=O) groups is 2. The van der Waals surface area contributed by atoms with Crippen molar-refractivity contribution < 1.29 is 19.4 Å². The average molecular weight is 294 g/mol. The molecule has 1 aromatic carbocycles. The van der Waals surface area contributed by atoms with Gasteiger partial charge >= 0.3 is 12.0 Å². The van der Waals surface area contributed by atoms with Crippen LogP contribution in [0.3, 0.4) is 0 Å². The van der Waals surface area contributed by atoms with Crippen LogP contribution in [0.5, 0.6) is 5.75 Å². The van der Waals surface area contributed by atoms with E-state index in [-0.39, 0.29) is 12.6 Å². The van der Waals surface area contributed by atoms with Gasteiger partial charge in [0, 0.05) is 6.54 Å². The number of rotatable bonds is 8. The summed E-state index contributed by atoms with van der Waals surface area (Å²) in [6.07, 6.45) is 0.478. The molecule has 1 rings (SSSR count). The van der Waals surface area contributed by atoms with E-state index in [4.69, 9.17) is 9.84 Å². The summed E-state index contributed by atoms with van der Waals surface area (Å²) < 4.78 is 5.49. The minimum atomic E-state index is -0.902. The fourth-order valence-electron chi connectivity index (χ4n) is 1.72. The third-order valence-electron chi connectivity index (χ3n) is 3.00. The van der Waals surface area contributed by atoms with E-state index in [1.807, 2.05) is 31.2 Å². The van der Waals surface area contributed by atoms with E-state index in [0.29, 0.717) is 19.6 Å². The SMILES string of the molecule is CCC(CNC(=O)NCCOc1cccc(C)c1)C(=O)O. The van der Waals surface area contributed by atoms with Crippen LogP contribution >= 0.6 is 0 Å². The molecule has 1 unspecified atom stereocenters. The van der Waals surface area contributed by atoms with Gasteiger partial charge in [-0.3, -0.25) is 4.79 Å². The molecule has 0 heterocycles. The van der Waals surface area contributed by atoms with E-state index in [1.54, 1.807) is 6.92 Å². The summed E-state index contributed by atoms with van der Waals surface area (Å²) in [6.45, 7) is 4.58. The van der Waals surface area contributed by atoms with Gasteiger partial charge in [0.05, 0.1) is 12.5 Å². The normalized spacial score (nSPS) is 11.5. The van der Waals surface area contributed by atoms with Gasteiger partial charge in [-0.05, 0) is 31.0 Å². The van der Waals surface area contributed by atoms with Crippen LogP contribution in [0.4, 0.5) is 4.79 Å². The molecule has 21 heavy (non-hydrogen) atoms. The second-order valence-corrected chi connectivity index (χ2v) is 4.75. The first kappa shape index (κ1) is 16.8. The molecule has 0 bridgehead atoms. The van der Waals surface area contributed by atoms with Crippen molar-refractivity contribution in [3.8, 4) is 5.75 Å². The predicted molar refractivity (Wildman–Crippen MR) is 79.5 cm³/mol. The Hall–Kier alpha value is -2.24. The van der Waals surface area contributed by atoms with Crippen LogP contribution in [-0.4, -0.2) is 36.8 Å². The minimum absolute atomic E-state index is 0.121. The lowest BCUT2D eigenvalue weighted by Crippen LogP contribution is -2.41. The summed E-state index contributed by atoms with van der Waals surface area (Å²) in [5.74, 6) is -0.700. The maximum atomic E-state index is 11.5. The summed E-state index contributed by atoms with van der Waals surface area (Å²) in [6, 6.07) is 7.26. The van der Waals surface area contributed by atoms with Crippen molar-refractivity contribution in [1.29, 1.82) is 0 Å². The van der Waals surface area contributed by atoms with E-state index in [9.17, 15) is 9.59 Å². The Labute approximate surface area is 124 Å². The second-order valence-electron chi connectivity index (χ2n) is 4.75. The van der Waals surface area contributed by atoms with Crippen LogP contribution in [0, 0.1) is 12.8 Å². The molecule has 0 aromatic heterocycles. The monoisotopic (exact) mass is 294 g/mol. The molecule has 1 aromatic rings. The van der Waals surface area contributed by atoms with Gasteiger partial charge in [0.1, 0.15) is 12.4 Å². The maximum Gasteiger partial charge on any atom is 0.314 e. The average Bonchev–Trinajstić information content (AvgIpc) is 2.44. The Balaban J connectivity index is 2.17. The Morgan fingerprint density at radius 2 is 2.10 bits per heavy atom. The Morgan fingerprint density at radius 3 is 2.71 bits per heavy atom. The molecular weight excluding hydrogens is 272 g/mol. The zero-order chi connectivity index (χ0) is 15.7. The molecule has 6 nitrogen and oxygen atoms in total. The van der Waals surface area contributed by atoms with Crippen LogP contribution in [0.2, 0.25) is 0 Å². The second kappa shape index (κ2) is 8.84. The van der Waals surface area contributed by atoms with Crippen molar-refractivity contribution in [3.63, 3.8) is 0 Å². The van der Waals surface area contributed by atoms with Gasteiger partial charge in [0.15, 0.2) is 0 Å². The zero-order valence-electron chi connectivity index (χ0n) is 12.4. The van der Waals surface area contributed by atoms with Crippen molar-refractivity contribution in [3.05, 3.63) is 29.8 Å². The molecule has 6 heteroatoms. The van der Waals surface area contributed by atoms with Gasteiger partial charge in [0.25, 0.3) is 0 Å². The van der Waals surface area contributed by atoms with E-state index in [1.165, 1.54) is 0 Å². The first-order valence-electron chi connectivity index (χ1n) is 6.97. The van der Waals surface area contributed by atoms with Gasteiger partial charge in [-0.15, -0.1) is 0 Å². The quantitative estimate of drug-likeness (QED) is 0.638. The van der Waals surface area contributed by atoms with Gasteiger partial charge in [-0.2, -0.15) is 0 Å². The standard InChI is InChI=1S/C15H22N2O4/c1-3-12(14(18)19)10-17-15(20)16-7-8-21-13-6-4-5-11(2)9-13/h4-6,9,12H,3,7-8,10H2,1-2H3,(H,18,19)(H2,16,17,20). The maximum absolute atomic E-state index is 11.5. The molecule has 1 atom stereocenters. The van der Waals surface area contributed by atoms with Crippen LogP contribution in [0.1, 0.15) is 18.9 Å². The van der Waals surface area contributed by atoms with Gasteiger partial charge in [-0.25, -0.2) is 4.79 Å². The predicted octanol–water partition coefficient (Wildman–Crippen LogP) is 1.78. The zero-order valence-corrected chi connectivity index (χ0v) is 12.4. The molecule has 0 saturated heterocycles. The molecule has 0 aliphatic heterocycles. The van der Waals surface area contributed by atoms with Crippen molar-refractivity contribution in [2.24, 2.45) is 5.92 Å². The molecule has 0 aliphatic rings. The topological polar surface area (TPSA) is 87.7 Å². The number of hydrogen-bond acceptors (Lipinski definition) is 3. The molecule has 0 aliphatic carbocycles. The lowest BCUT2D eigenvalue weighted by molar-refractivity contribution is -0.141. The highest BCUT2D eigenvalue weighted by Crippen LogP contribution is 2.11. The first-order chi connectivity index (χ1) is 10.0. The highest BCUT2D eigenvalue weighted by atomic mass is 16.5. The van der Waals surface area contributed by atoms with Crippen molar-refractivity contribution in [2.45, 2.75) is 20.3 Å². The molecule has 3 N–H and O–H groups in total. The molecule has 0 saturated carbocycles. The molecule has 0 fully saturated rings. The van der Waals surface area contributed by atoms with Crippen LogP contribution in [-0.2, 0) is 4.79 Å². The third kappa shape index (κ3) is 6.65. The molecular formula is C15H22N2O4. The number of hydrogen-bond donors (Lipinski definition) is 3. The molecule has 0 spiro atoms. The van der Waals surface area contributed by atoms with Crippen LogP contribution in [0.25, 0.3) is 0 Å². The number of benzene rings is 1. The van der Waals surface area contributed by atoms with Gasteiger partial charge < -0.3 is 20.5 Å². The van der Waals surface area contributed by atoms with Crippen LogP contribution < -0.4 is 15.4 Å². The summed E-state index contributed by atoms with van der Waals surface area (Å²) in [5.41, 5.74) is 1.11. The van der Waals surface area contributed by atoms with E-state index in [0.717, 1.165) is 11.3 Å². The van der Waals surface area contributed by atoms with Gasteiger partial charge in [0.2, 0.25) is 0 Å². The first-order valence-corrected chi connectivity index (χ1v) is 6.97. The third-order valence-corrected chi connectivity index (χ3v) is 3.00.